The van der Waals surface area contributed by atoms with Gasteiger partial charge in [0.1, 0.15) is 11.6 Å². The lowest BCUT2D eigenvalue weighted by atomic mass is 10.0. The summed E-state index contributed by atoms with van der Waals surface area (Å²) < 4.78 is 18.4. The molecule has 0 saturated carbocycles. The van der Waals surface area contributed by atoms with E-state index in [4.69, 9.17) is 4.74 Å². The standard InChI is InChI=1S/C13H19FN2O2/c1-18-13-8-10(14)2-3-11(13)12(9-17)16-6-4-15-5-7-16/h2-3,8,12,15,17H,4-7,9H2,1H3/t12-/m1/s1. The van der Waals surface area contributed by atoms with Crippen molar-refractivity contribution in [3.05, 3.63) is 29.6 Å². The minimum Gasteiger partial charge on any atom is -0.496 e. The van der Waals surface area contributed by atoms with Crippen LogP contribution in [0.25, 0.3) is 0 Å². The van der Waals surface area contributed by atoms with E-state index < -0.39 is 0 Å². The lowest BCUT2D eigenvalue weighted by Gasteiger charge is -2.34. The Morgan fingerprint density at radius 1 is 1.44 bits per heavy atom. The molecule has 18 heavy (non-hydrogen) atoms. The Balaban J connectivity index is 2.25. The van der Waals surface area contributed by atoms with Gasteiger partial charge in [-0.3, -0.25) is 4.90 Å². The Morgan fingerprint density at radius 3 is 2.78 bits per heavy atom. The molecule has 0 aromatic heterocycles. The number of nitrogens with one attached hydrogen (secondary N) is 1. The zero-order valence-electron chi connectivity index (χ0n) is 10.5. The maximum Gasteiger partial charge on any atom is 0.126 e. The number of hydrogen-bond donors (Lipinski definition) is 2. The summed E-state index contributed by atoms with van der Waals surface area (Å²) in [6.45, 7) is 3.54. The van der Waals surface area contributed by atoms with Gasteiger partial charge in [-0.15, -0.1) is 0 Å². The van der Waals surface area contributed by atoms with Gasteiger partial charge in [0.2, 0.25) is 0 Å². The van der Waals surface area contributed by atoms with E-state index in [2.05, 4.69) is 10.2 Å². The van der Waals surface area contributed by atoms with Gasteiger partial charge in [-0.05, 0) is 6.07 Å². The molecule has 4 nitrogen and oxygen atoms in total. The van der Waals surface area contributed by atoms with E-state index in [-0.39, 0.29) is 18.5 Å². The number of nitrogens with zero attached hydrogens (tertiary/aromatic N) is 1. The van der Waals surface area contributed by atoms with E-state index in [1.807, 2.05) is 0 Å². The van der Waals surface area contributed by atoms with Gasteiger partial charge in [0.05, 0.1) is 19.8 Å². The minimum absolute atomic E-state index is 0.00198. The molecule has 1 atom stereocenters. The Morgan fingerprint density at radius 2 is 2.17 bits per heavy atom. The van der Waals surface area contributed by atoms with Gasteiger partial charge in [0.15, 0.2) is 0 Å². The topological polar surface area (TPSA) is 44.7 Å². The normalized spacial score (nSPS) is 18.6. The molecule has 0 aliphatic carbocycles. The summed E-state index contributed by atoms with van der Waals surface area (Å²) in [7, 11) is 1.52. The van der Waals surface area contributed by atoms with Crippen LogP contribution >= 0.6 is 0 Å². The van der Waals surface area contributed by atoms with Gasteiger partial charge in [-0.1, -0.05) is 6.07 Å². The quantitative estimate of drug-likeness (QED) is 0.833. The van der Waals surface area contributed by atoms with Crippen molar-refractivity contribution in [3.8, 4) is 5.75 Å². The van der Waals surface area contributed by atoms with Crippen molar-refractivity contribution in [2.75, 3.05) is 39.9 Å². The molecular weight excluding hydrogens is 235 g/mol. The van der Waals surface area contributed by atoms with Crippen LogP contribution in [0.2, 0.25) is 0 Å². The van der Waals surface area contributed by atoms with E-state index in [9.17, 15) is 9.50 Å². The minimum atomic E-state index is -0.326. The molecule has 0 spiro atoms. The van der Waals surface area contributed by atoms with Crippen molar-refractivity contribution in [1.29, 1.82) is 0 Å². The second-order valence-corrected chi connectivity index (χ2v) is 4.37. The van der Waals surface area contributed by atoms with Gasteiger partial charge in [-0.25, -0.2) is 4.39 Å². The molecule has 2 N–H and O–H groups in total. The molecule has 0 bridgehead atoms. The van der Waals surface area contributed by atoms with Crippen LogP contribution in [-0.2, 0) is 0 Å². The number of piperazine rings is 1. The zero-order chi connectivity index (χ0) is 13.0. The Bertz CT molecular complexity index is 395. The van der Waals surface area contributed by atoms with E-state index in [1.54, 1.807) is 6.07 Å². The highest BCUT2D eigenvalue weighted by molar-refractivity contribution is 5.36. The van der Waals surface area contributed by atoms with E-state index >= 15 is 0 Å². The van der Waals surface area contributed by atoms with Crippen molar-refractivity contribution < 1.29 is 14.2 Å². The van der Waals surface area contributed by atoms with Gasteiger partial charge >= 0.3 is 0 Å². The first-order valence-corrected chi connectivity index (χ1v) is 6.15. The third-order valence-electron chi connectivity index (χ3n) is 3.32. The number of ether oxygens (including phenoxy) is 1. The lowest BCUT2D eigenvalue weighted by molar-refractivity contribution is 0.109. The van der Waals surface area contributed by atoms with E-state index in [0.29, 0.717) is 5.75 Å². The summed E-state index contributed by atoms with van der Waals surface area (Å²) in [6, 6.07) is 4.32. The van der Waals surface area contributed by atoms with Crippen molar-refractivity contribution in [2.24, 2.45) is 0 Å². The van der Waals surface area contributed by atoms with Crippen LogP contribution in [0.4, 0.5) is 4.39 Å². The molecule has 0 radical (unpaired) electrons. The maximum atomic E-state index is 13.2. The summed E-state index contributed by atoms with van der Waals surface area (Å²) in [4.78, 5) is 2.19. The monoisotopic (exact) mass is 254 g/mol. The second-order valence-electron chi connectivity index (χ2n) is 4.37. The predicted molar refractivity (Wildman–Crippen MR) is 67.2 cm³/mol. The molecule has 1 aliphatic heterocycles. The summed E-state index contributed by atoms with van der Waals surface area (Å²) in [5.74, 6) is 0.167. The first-order chi connectivity index (χ1) is 8.76. The first kappa shape index (κ1) is 13.3. The Hall–Kier alpha value is -1.17. The van der Waals surface area contributed by atoms with Crippen molar-refractivity contribution in [3.63, 3.8) is 0 Å². The van der Waals surface area contributed by atoms with Crippen LogP contribution < -0.4 is 10.1 Å². The maximum absolute atomic E-state index is 13.2. The highest BCUT2D eigenvalue weighted by Crippen LogP contribution is 2.30. The SMILES string of the molecule is COc1cc(F)ccc1[C@@H](CO)N1CCNCC1. The van der Waals surface area contributed by atoms with Crippen LogP contribution in [0.15, 0.2) is 18.2 Å². The average Bonchev–Trinajstić information content (AvgIpc) is 2.42. The summed E-state index contributed by atoms with van der Waals surface area (Å²) >= 11 is 0. The van der Waals surface area contributed by atoms with Crippen LogP contribution in [0.3, 0.4) is 0 Å². The molecule has 100 valence electrons. The molecule has 1 aromatic carbocycles. The molecule has 1 heterocycles. The van der Waals surface area contributed by atoms with Gasteiger partial charge in [0.25, 0.3) is 0 Å². The lowest BCUT2D eigenvalue weighted by Crippen LogP contribution is -2.46. The summed E-state index contributed by atoms with van der Waals surface area (Å²) in [5.41, 5.74) is 0.836. The Kier molecular flexibility index (Phi) is 4.52. The molecule has 0 amide bonds. The number of aliphatic hydroxyl groups is 1. The van der Waals surface area contributed by atoms with E-state index in [0.717, 1.165) is 31.7 Å². The zero-order valence-corrected chi connectivity index (χ0v) is 10.5. The van der Waals surface area contributed by atoms with Crippen molar-refractivity contribution in [1.82, 2.24) is 10.2 Å². The number of halogens is 1. The molecule has 0 unspecified atom stereocenters. The van der Waals surface area contributed by atoms with Crippen LogP contribution in [0.5, 0.6) is 5.75 Å². The number of aliphatic hydroxyl groups excluding tert-OH is 1. The number of hydrogen-bond acceptors (Lipinski definition) is 4. The van der Waals surface area contributed by atoms with Gasteiger partial charge in [-0.2, -0.15) is 0 Å². The van der Waals surface area contributed by atoms with Crippen LogP contribution in [0.1, 0.15) is 11.6 Å². The van der Waals surface area contributed by atoms with Crippen LogP contribution in [0, 0.1) is 5.82 Å². The van der Waals surface area contributed by atoms with Crippen molar-refractivity contribution >= 4 is 0 Å². The van der Waals surface area contributed by atoms with Crippen molar-refractivity contribution in [2.45, 2.75) is 6.04 Å². The van der Waals surface area contributed by atoms with Gasteiger partial charge in [0, 0.05) is 37.8 Å². The van der Waals surface area contributed by atoms with E-state index in [1.165, 1.54) is 19.2 Å². The molecule has 2 rings (SSSR count). The number of rotatable bonds is 4. The molecular formula is C13H19FN2O2. The second kappa shape index (κ2) is 6.13. The molecule has 1 fully saturated rings. The van der Waals surface area contributed by atoms with Crippen LogP contribution in [-0.4, -0.2) is 49.9 Å². The first-order valence-electron chi connectivity index (χ1n) is 6.15. The fraction of sp³-hybridized carbons (Fsp3) is 0.538. The summed E-state index contributed by atoms with van der Waals surface area (Å²) in [6.07, 6.45) is 0. The highest BCUT2D eigenvalue weighted by Gasteiger charge is 2.24. The molecule has 1 aromatic rings. The smallest absolute Gasteiger partial charge is 0.126 e. The average molecular weight is 254 g/mol. The predicted octanol–water partition coefficient (Wildman–Crippen LogP) is 0.773. The Labute approximate surface area is 106 Å². The van der Waals surface area contributed by atoms with Gasteiger partial charge < -0.3 is 15.2 Å². The largest absolute Gasteiger partial charge is 0.496 e. The molecule has 1 saturated heterocycles. The number of benzene rings is 1. The third kappa shape index (κ3) is 2.80. The molecule has 5 heteroatoms. The highest BCUT2D eigenvalue weighted by atomic mass is 19.1. The fourth-order valence-electron chi connectivity index (χ4n) is 2.36. The number of methoxy groups -OCH3 is 1. The molecule has 1 aliphatic rings. The summed E-state index contributed by atoms with van der Waals surface area (Å²) in [5, 5.41) is 12.9. The fourth-order valence-corrected chi connectivity index (χ4v) is 2.36. The third-order valence-corrected chi connectivity index (χ3v) is 3.32.